The monoisotopic (exact) mass is 256 g/mol. The minimum absolute atomic E-state index is 0.531. The number of benzene rings is 1. The van der Waals surface area contributed by atoms with E-state index in [1.54, 1.807) is 12.3 Å². The minimum Gasteiger partial charge on any atom is -0.386 e. The first-order valence-corrected chi connectivity index (χ1v) is 6.62. The molecule has 0 saturated carbocycles. The molecule has 0 aliphatic carbocycles. The molecule has 19 heavy (non-hydrogen) atoms. The first kappa shape index (κ1) is 13.7. The van der Waals surface area contributed by atoms with Crippen molar-refractivity contribution in [1.29, 1.82) is 0 Å². The second-order valence-electron chi connectivity index (χ2n) is 5.14. The van der Waals surface area contributed by atoms with Crippen molar-refractivity contribution < 1.29 is 5.11 Å². The molecule has 1 unspecified atom stereocenters. The number of aryl methyl sites for hydroxylation is 1. The summed E-state index contributed by atoms with van der Waals surface area (Å²) in [5.41, 5.74) is 3.12. The van der Waals surface area contributed by atoms with Gasteiger partial charge in [-0.15, -0.1) is 0 Å². The summed E-state index contributed by atoms with van der Waals surface area (Å²) in [6, 6.07) is 10.2. The minimum atomic E-state index is -0.577. The maximum absolute atomic E-state index is 10.2. The summed E-state index contributed by atoms with van der Waals surface area (Å²) in [4.78, 5) is 8.29. The van der Waals surface area contributed by atoms with E-state index in [0.717, 1.165) is 5.56 Å². The van der Waals surface area contributed by atoms with E-state index in [4.69, 9.17) is 0 Å². The largest absolute Gasteiger partial charge is 0.386 e. The van der Waals surface area contributed by atoms with E-state index in [9.17, 15) is 5.11 Å². The Bertz CT molecular complexity index is 535. The maximum Gasteiger partial charge on any atom is 0.125 e. The molecule has 1 atom stereocenters. The zero-order chi connectivity index (χ0) is 13.8. The number of aliphatic hydroxyl groups excluding tert-OH is 1. The van der Waals surface area contributed by atoms with Gasteiger partial charge in [0.05, 0.1) is 5.69 Å². The second-order valence-corrected chi connectivity index (χ2v) is 5.14. The zero-order valence-electron chi connectivity index (χ0n) is 11.7. The average molecular weight is 256 g/mol. The third-order valence-corrected chi connectivity index (χ3v) is 3.21. The Labute approximate surface area is 114 Å². The fraction of sp³-hybridized carbons (Fsp3) is 0.375. The number of nitrogens with zero attached hydrogens (tertiary/aromatic N) is 2. The molecule has 100 valence electrons. The van der Waals surface area contributed by atoms with E-state index >= 15 is 0 Å². The van der Waals surface area contributed by atoms with Crippen LogP contribution in [0.15, 0.2) is 36.5 Å². The highest BCUT2D eigenvalue weighted by atomic mass is 16.3. The molecule has 0 aliphatic heterocycles. The number of hydrogen-bond acceptors (Lipinski definition) is 3. The maximum atomic E-state index is 10.2. The predicted octanol–water partition coefficient (Wildman–Crippen LogP) is 3.18. The van der Waals surface area contributed by atoms with Crippen molar-refractivity contribution in [2.45, 2.75) is 39.2 Å². The van der Waals surface area contributed by atoms with Crippen molar-refractivity contribution in [3.05, 3.63) is 59.2 Å². The molecule has 0 bridgehead atoms. The first-order valence-electron chi connectivity index (χ1n) is 6.62. The Morgan fingerprint density at radius 3 is 2.37 bits per heavy atom. The summed E-state index contributed by atoms with van der Waals surface area (Å²) in [6.45, 7) is 6.18. The quantitative estimate of drug-likeness (QED) is 0.913. The highest BCUT2D eigenvalue weighted by Crippen LogP contribution is 2.19. The van der Waals surface area contributed by atoms with Crippen LogP contribution in [0.1, 0.15) is 48.5 Å². The van der Waals surface area contributed by atoms with Crippen LogP contribution >= 0.6 is 0 Å². The molecule has 0 spiro atoms. The fourth-order valence-electron chi connectivity index (χ4n) is 2.03. The lowest BCUT2D eigenvalue weighted by Gasteiger charge is -2.11. The van der Waals surface area contributed by atoms with Gasteiger partial charge in [-0.2, -0.15) is 0 Å². The van der Waals surface area contributed by atoms with Gasteiger partial charge in [0.15, 0.2) is 0 Å². The van der Waals surface area contributed by atoms with Crippen LogP contribution in [0.25, 0.3) is 0 Å². The van der Waals surface area contributed by atoms with Crippen molar-refractivity contribution >= 4 is 0 Å². The van der Waals surface area contributed by atoms with Crippen molar-refractivity contribution in [2.75, 3.05) is 0 Å². The molecule has 0 amide bonds. The third kappa shape index (κ3) is 3.61. The van der Waals surface area contributed by atoms with Gasteiger partial charge in [-0.3, -0.25) is 0 Å². The summed E-state index contributed by atoms with van der Waals surface area (Å²) in [5.74, 6) is 1.22. The Morgan fingerprint density at radius 2 is 1.79 bits per heavy atom. The van der Waals surface area contributed by atoms with Gasteiger partial charge < -0.3 is 5.11 Å². The van der Waals surface area contributed by atoms with E-state index in [1.165, 1.54) is 5.56 Å². The van der Waals surface area contributed by atoms with Crippen LogP contribution < -0.4 is 0 Å². The lowest BCUT2D eigenvalue weighted by Crippen LogP contribution is -2.05. The van der Waals surface area contributed by atoms with Gasteiger partial charge in [-0.05, 0) is 30.0 Å². The Balaban J connectivity index is 2.08. The first-order chi connectivity index (χ1) is 9.06. The van der Waals surface area contributed by atoms with E-state index in [0.29, 0.717) is 23.9 Å². The summed E-state index contributed by atoms with van der Waals surface area (Å²) in [5, 5.41) is 10.2. The van der Waals surface area contributed by atoms with Gasteiger partial charge in [0.25, 0.3) is 0 Å². The molecule has 1 aromatic carbocycles. The smallest absolute Gasteiger partial charge is 0.125 e. The van der Waals surface area contributed by atoms with E-state index in [1.807, 2.05) is 6.92 Å². The van der Waals surface area contributed by atoms with Crippen LogP contribution in [0.3, 0.4) is 0 Å². The third-order valence-electron chi connectivity index (χ3n) is 3.21. The van der Waals surface area contributed by atoms with Crippen molar-refractivity contribution in [3.8, 4) is 0 Å². The molecular formula is C16H20N2O. The number of aliphatic hydroxyl groups is 1. The molecule has 0 aliphatic rings. The SMILES string of the molecule is Cc1nccc(C(O)Cc2ccc(C(C)C)cc2)n1. The van der Waals surface area contributed by atoms with Crippen LogP contribution in [-0.2, 0) is 6.42 Å². The second kappa shape index (κ2) is 5.93. The number of aromatic nitrogens is 2. The van der Waals surface area contributed by atoms with Crippen LogP contribution in [0.2, 0.25) is 0 Å². The molecule has 1 N–H and O–H groups in total. The van der Waals surface area contributed by atoms with Gasteiger partial charge in [-0.25, -0.2) is 9.97 Å². The summed E-state index contributed by atoms with van der Waals surface area (Å²) < 4.78 is 0. The molecule has 3 heteroatoms. The molecule has 0 saturated heterocycles. The van der Waals surface area contributed by atoms with Gasteiger partial charge >= 0.3 is 0 Å². The summed E-state index contributed by atoms with van der Waals surface area (Å²) in [6.07, 6.45) is 1.68. The topological polar surface area (TPSA) is 46.0 Å². The van der Waals surface area contributed by atoms with Gasteiger partial charge in [0, 0.05) is 12.6 Å². The van der Waals surface area contributed by atoms with Crippen LogP contribution in [0, 0.1) is 6.92 Å². The highest BCUT2D eigenvalue weighted by Gasteiger charge is 2.10. The zero-order valence-corrected chi connectivity index (χ0v) is 11.7. The molecule has 3 nitrogen and oxygen atoms in total. The molecule has 1 heterocycles. The molecular weight excluding hydrogens is 236 g/mol. The lowest BCUT2D eigenvalue weighted by molar-refractivity contribution is 0.173. The van der Waals surface area contributed by atoms with Crippen molar-refractivity contribution in [2.24, 2.45) is 0 Å². The van der Waals surface area contributed by atoms with E-state index < -0.39 is 6.10 Å². The van der Waals surface area contributed by atoms with Crippen LogP contribution in [-0.4, -0.2) is 15.1 Å². The lowest BCUT2D eigenvalue weighted by atomic mass is 9.99. The summed E-state index contributed by atoms with van der Waals surface area (Å²) >= 11 is 0. The Hall–Kier alpha value is -1.74. The van der Waals surface area contributed by atoms with Crippen molar-refractivity contribution in [1.82, 2.24) is 9.97 Å². The highest BCUT2D eigenvalue weighted by molar-refractivity contribution is 5.25. The molecule has 2 aromatic rings. The van der Waals surface area contributed by atoms with E-state index in [2.05, 4.69) is 48.1 Å². The van der Waals surface area contributed by atoms with Gasteiger partial charge in [-0.1, -0.05) is 38.1 Å². The van der Waals surface area contributed by atoms with Gasteiger partial charge in [0.2, 0.25) is 0 Å². The van der Waals surface area contributed by atoms with Crippen LogP contribution in [0.5, 0.6) is 0 Å². The fourth-order valence-corrected chi connectivity index (χ4v) is 2.03. The molecule has 1 aromatic heterocycles. The van der Waals surface area contributed by atoms with Crippen molar-refractivity contribution in [3.63, 3.8) is 0 Å². The molecule has 2 rings (SSSR count). The predicted molar refractivity (Wildman–Crippen MR) is 76.0 cm³/mol. The van der Waals surface area contributed by atoms with Gasteiger partial charge in [0.1, 0.15) is 11.9 Å². The standard InChI is InChI=1S/C16H20N2O/c1-11(2)14-6-4-13(5-7-14)10-16(19)15-8-9-17-12(3)18-15/h4-9,11,16,19H,10H2,1-3H3. The number of rotatable bonds is 4. The molecule has 0 fully saturated rings. The van der Waals surface area contributed by atoms with E-state index in [-0.39, 0.29) is 0 Å². The average Bonchev–Trinajstić information content (AvgIpc) is 2.39. The summed E-state index contributed by atoms with van der Waals surface area (Å²) in [7, 11) is 0. The Kier molecular flexibility index (Phi) is 4.27. The van der Waals surface area contributed by atoms with Crippen LogP contribution in [0.4, 0.5) is 0 Å². The molecule has 0 radical (unpaired) electrons. The normalized spacial score (nSPS) is 12.7. The Morgan fingerprint density at radius 1 is 1.11 bits per heavy atom. The number of hydrogen-bond donors (Lipinski definition) is 1.